The predicted molar refractivity (Wildman–Crippen MR) is 131 cm³/mol. The number of hydrogen-bond donors (Lipinski definition) is 0. The standard InChI is InChI=1S/C18H42O13S2Si2/c1-7-25-34(26-8-2,27-9-3)17-13-15-23-32(19,20)31-33(21,22)24-16-14-18-35(28-10-4,29-11-5)30-12-6/h7-18H2,1-6H3. The van der Waals surface area contributed by atoms with E-state index in [1.54, 1.807) is 41.5 Å². The average Bonchev–Trinajstić information content (AvgIpc) is 2.75. The van der Waals surface area contributed by atoms with E-state index in [2.05, 4.69) is 12.0 Å². The summed E-state index contributed by atoms with van der Waals surface area (Å²) in [5.41, 5.74) is 0. The van der Waals surface area contributed by atoms with Crippen molar-refractivity contribution in [2.45, 2.75) is 66.5 Å². The molecule has 0 aromatic carbocycles. The maximum atomic E-state index is 12.0. The van der Waals surface area contributed by atoms with Crippen molar-refractivity contribution in [1.82, 2.24) is 0 Å². The highest BCUT2D eigenvalue weighted by Gasteiger charge is 2.41. The van der Waals surface area contributed by atoms with Gasteiger partial charge < -0.3 is 26.6 Å². The van der Waals surface area contributed by atoms with Gasteiger partial charge in [-0.25, -0.2) is 8.37 Å². The van der Waals surface area contributed by atoms with Gasteiger partial charge in [-0.05, 0) is 54.4 Å². The van der Waals surface area contributed by atoms with Crippen LogP contribution in [0.25, 0.3) is 0 Å². The first kappa shape index (κ1) is 35.0. The molecule has 0 aliphatic rings. The minimum absolute atomic E-state index is 0.175. The summed E-state index contributed by atoms with van der Waals surface area (Å²) in [6.07, 6.45) is 0.351. The zero-order valence-electron chi connectivity index (χ0n) is 21.6. The van der Waals surface area contributed by atoms with Crippen LogP contribution in [0.2, 0.25) is 12.1 Å². The Morgan fingerprint density at radius 2 is 0.743 bits per heavy atom. The summed E-state index contributed by atoms with van der Waals surface area (Å²) in [5.74, 6) is 0. The molecule has 0 aromatic heterocycles. The number of hydrogen-bond acceptors (Lipinski definition) is 13. The molecule has 0 saturated carbocycles. The van der Waals surface area contributed by atoms with Crippen molar-refractivity contribution in [3.63, 3.8) is 0 Å². The molecule has 0 N–H and O–H groups in total. The Morgan fingerprint density at radius 3 is 0.971 bits per heavy atom. The molecule has 35 heavy (non-hydrogen) atoms. The number of rotatable bonds is 24. The zero-order chi connectivity index (χ0) is 26.8. The van der Waals surface area contributed by atoms with Gasteiger partial charge in [-0.1, -0.05) is 0 Å². The fourth-order valence-electron chi connectivity index (χ4n) is 3.04. The van der Waals surface area contributed by atoms with Crippen LogP contribution in [-0.4, -0.2) is 87.3 Å². The third kappa shape index (κ3) is 15.1. The first-order chi connectivity index (χ1) is 16.5. The summed E-state index contributed by atoms with van der Waals surface area (Å²) >= 11 is 0. The first-order valence-electron chi connectivity index (χ1n) is 11.8. The SMILES string of the molecule is CCO[Si](CCCOS(=O)(=O)OS(=O)(=O)OCCC[Si](OCC)(OCC)OCC)(OCC)OCC. The summed E-state index contributed by atoms with van der Waals surface area (Å²) in [7, 11) is -15.7. The van der Waals surface area contributed by atoms with E-state index >= 15 is 0 Å². The first-order valence-corrected chi connectivity index (χ1v) is 18.3. The van der Waals surface area contributed by atoms with Gasteiger partial charge in [0.05, 0.1) is 13.2 Å². The second-order valence-electron chi connectivity index (χ2n) is 6.70. The van der Waals surface area contributed by atoms with Gasteiger partial charge in [-0.15, -0.1) is 3.63 Å². The smallest absolute Gasteiger partial charge is 0.374 e. The van der Waals surface area contributed by atoms with E-state index in [1.165, 1.54) is 0 Å². The molecule has 0 unspecified atom stereocenters. The normalized spacial score (nSPS) is 13.4. The molecule has 0 spiro atoms. The molecular formula is C18H42O13S2Si2. The van der Waals surface area contributed by atoms with Crippen LogP contribution in [0.15, 0.2) is 0 Å². The third-order valence-corrected chi connectivity index (χ3v) is 12.6. The Balaban J connectivity index is 4.71. The zero-order valence-corrected chi connectivity index (χ0v) is 25.2. The van der Waals surface area contributed by atoms with E-state index in [1.807, 2.05) is 0 Å². The highest BCUT2D eigenvalue weighted by molar-refractivity contribution is 7.95. The van der Waals surface area contributed by atoms with Crippen LogP contribution in [0, 0.1) is 0 Å². The predicted octanol–water partition coefficient (Wildman–Crippen LogP) is 2.40. The van der Waals surface area contributed by atoms with Gasteiger partial charge in [-0.3, -0.25) is 0 Å². The molecule has 0 radical (unpaired) electrons. The van der Waals surface area contributed by atoms with E-state index < -0.39 is 38.4 Å². The van der Waals surface area contributed by atoms with Gasteiger partial charge in [0.15, 0.2) is 0 Å². The minimum Gasteiger partial charge on any atom is -0.374 e. The molecule has 0 aliphatic carbocycles. The van der Waals surface area contributed by atoms with Crippen LogP contribution in [0.5, 0.6) is 0 Å². The van der Waals surface area contributed by atoms with Crippen molar-refractivity contribution in [3.05, 3.63) is 0 Å². The minimum atomic E-state index is -4.87. The molecule has 0 amide bonds. The fourth-order valence-corrected chi connectivity index (χ4v) is 9.98. The maximum Gasteiger partial charge on any atom is 0.501 e. The van der Waals surface area contributed by atoms with E-state index in [0.717, 1.165) is 0 Å². The van der Waals surface area contributed by atoms with Crippen molar-refractivity contribution in [2.24, 2.45) is 0 Å². The van der Waals surface area contributed by atoms with Gasteiger partial charge in [0.1, 0.15) is 0 Å². The molecule has 0 aromatic rings. The molecule has 0 fully saturated rings. The molecule has 0 atom stereocenters. The highest BCUT2D eigenvalue weighted by atomic mass is 32.3. The Bertz CT molecular complexity index is 653. The van der Waals surface area contributed by atoms with Crippen molar-refractivity contribution in [2.75, 3.05) is 52.9 Å². The maximum absolute atomic E-state index is 12.0. The van der Waals surface area contributed by atoms with Gasteiger partial charge in [0.25, 0.3) is 0 Å². The lowest BCUT2D eigenvalue weighted by molar-refractivity contribution is 0.0690. The lowest BCUT2D eigenvalue weighted by Gasteiger charge is -2.28. The second kappa shape index (κ2) is 18.3. The van der Waals surface area contributed by atoms with Gasteiger partial charge in [0.2, 0.25) is 0 Å². The van der Waals surface area contributed by atoms with Crippen molar-refractivity contribution in [1.29, 1.82) is 0 Å². The second-order valence-corrected chi connectivity index (χ2v) is 14.8. The molecule has 17 heteroatoms. The van der Waals surface area contributed by atoms with Gasteiger partial charge in [0, 0.05) is 51.7 Å². The van der Waals surface area contributed by atoms with Crippen LogP contribution in [-0.2, 0) is 59.3 Å². The largest absolute Gasteiger partial charge is 0.501 e. The Morgan fingerprint density at radius 1 is 0.486 bits per heavy atom. The van der Waals surface area contributed by atoms with E-state index in [4.69, 9.17) is 26.6 Å². The molecule has 0 aliphatic heterocycles. The van der Waals surface area contributed by atoms with E-state index in [9.17, 15) is 16.8 Å². The molecule has 0 bridgehead atoms. The van der Waals surface area contributed by atoms with E-state index in [-0.39, 0.29) is 38.1 Å². The van der Waals surface area contributed by atoms with Gasteiger partial charge >= 0.3 is 38.4 Å². The molecule has 212 valence electrons. The van der Waals surface area contributed by atoms with Gasteiger partial charge in [-0.2, -0.15) is 16.8 Å². The average molecular weight is 587 g/mol. The Hall–Kier alpha value is -0.0262. The Labute approximate surface area is 213 Å². The molecular weight excluding hydrogens is 544 g/mol. The van der Waals surface area contributed by atoms with Crippen LogP contribution in [0.4, 0.5) is 0 Å². The van der Waals surface area contributed by atoms with Crippen LogP contribution >= 0.6 is 0 Å². The molecule has 0 rings (SSSR count). The summed E-state index contributed by atoms with van der Waals surface area (Å²) < 4.78 is 95.2. The van der Waals surface area contributed by atoms with Crippen molar-refractivity contribution in [3.8, 4) is 0 Å². The van der Waals surface area contributed by atoms with Crippen LogP contribution < -0.4 is 0 Å². The summed E-state index contributed by atoms with van der Waals surface area (Å²) in [6.45, 7) is 12.3. The summed E-state index contributed by atoms with van der Waals surface area (Å²) in [4.78, 5) is 0. The summed E-state index contributed by atoms with van der Waals surface area (Å²) in [5, 5.41) is 0. The lowest BCUT2D eigenvalue weighted by Crippen LogP contribution is -2.46. The quantitative estimate of drug-likeness (QED) is 0.120. The lowest BCUT2D eigenvalue weighted by atomic mass is 10.5. The van der Waals surface area contributed by atoms with E-state index in [0.29, 0.717) is 39.6 Å². The fraction of sp³-hybridized carbons (Fsp3) is 1.00. The third-order valence-electron chi connectivity index (χ3n) is 4.06. The topological polar surface area (TPSA) is 151 Å². The molecule has 0 heterocycles. The van der Waals surface area contributed by atoms with Crippen LogP contribution in [0.1, 0.15) is 54.4 Å². The monoisotopic (exact) mass is 586 g/mol. The Kier molecular flexibility index (Phi) is 18.2. The van der Waals surface area contributed by atoms with Crippen LogP contribution in [0.3, 0.4) is 0 Å². The van der Waals surface area contributed by atoms with Crippen molar-refractivity contribution < 1.29 is 55.4 Å². The highest BCUT2D eigenvalue weighted by Crippen LogP contribution is 2.20. The molecule has 0 saturated heterocycles. The summed E-state index contributed by atoms with van der Waals surface area (Å²) in [6, 6.07) is 0.568. The van der Waals surface area contributed by atoms with Crippen molar-refractivity contribution >= 4 is 38.4 Å². The molecule has 13 nitrogen and oxygen atoms in total.